The molecule has 1 N–H and O–H groups in total. The van der Waals surface area contributed by atoms with Gasteiger partial charge in [0, 0.05) is 67.3 Å². The molecular formula is C104H80F12N8O10. The highest BCUT2D eigenvalue weighted by Crippen LogP contribution is 2.58. The van der Waals surface area contributed by atoms with E-state index >= 15 is 0 Å². The van der Waals surface area contributed by atoms with Crippen molar-refractivity contribution in [1.82, 2.24) is 0 Å². The molecule has 0 fully saturated rings. The summed E-state index contributed by atoms with van der Waals surface area (Å²) >= 11 is 0. The largest absolute Gasteiger partial charge is 0.416 e. The van der Waals surface area contributed by atoms with Crippen LogP contribution in [0.4, 0.5) is 121 Å². The van der Waals surface area contributed by atoms with Gasteiger partial charge in [0.05, 0.1) is 73.9 Å². The van der Waals surface area contributed by atoms with Crippen molar-refractivity contribution >= 4 is 127 Å². The molecule has 134 heavy (non-hydrogen) atoms. The lowest BCUT2D eigenvalue weighted by Gasteiger charge is -2.32. The number of benzene rings is 12. The molecule has 0 radical (unpaired) electrons. The molecule has 0 bridgehead atoms. The van der Waals surface area contributed by atoms with Crippen molar-refractivity contribution in [3.63, 3.8) is 0 Å². The number of Topliss-reactive ketones (excluding diaryl/α,β-unsaturated/α-hetero) is 1. The predicted molar refractivity (Wildman–Crippen MR) is 481 cm³/mol. The third-order valence-electron chi connectivity index (χ3n) is 25.9. The summed E-state index contributed by atoms with van der Waals surface area (Å²) in [5.74, 6) is -5.03. The first kappa shape index (κ1) is 90.8. The molecule has 680 valence electrons. The number of alkyl halides is 12. The van der Waals surface area contributed by atoms with E-state index in [1.165, 1.54) is 58.6 Å². The fourth-order valence-electron chi connectivity index (χ4n) is 19.6. The first-order chi connectivity index (χ1) is 64.0. The molecule has 12 aromatic carbocycles. The normalized spacial score (nSPS) is 20.5. The second kappa shape index (κ2) is 34.3. The number of aliphatic hydroxyl groups is 1. The second-order valence-electron chi connectivity index (χ2n) is 33.0. The van der Waals surface area contributed by atoms with Crippen LogP contribution in [-0.4, -0.2) is 84.3 Å². The number of hydrogen-bond acceptors (Lipinski definition) is 10. The zero-order valence-corrected chi connectivity index (χ0v) is 71.8. The van der Waals surface area contributed by atoms with Crippen molar-refractivity contribution < 1.29 is 101 Å². The minimum absolute atomic E-state index is 0.0193. The number of carbonyl (C=O) groups is 9. The predicted octanol–water partition coefficient (Wildman–Crippen LogP) is 21.7. The maximum absolute atomic E-state index is 14.4. The Balaban J connectivity index is 0.000000124. The molecule has 0 saturated heterocycles. The van der Waals surface area contributed by atoms with Crippen LogP contribution in [0.2, 0.25) is 0 Å². The van der Waals surface area contributed by atoms with Crippen LogP contribution in [0.5, 0.6) is 0 Å². The van der Waals surface area contributed by atoms with E-state index in [0.29, 0.717) is 51.4 Å². The summed E-state index contributed by atoms with van der Waals surface area (Å²) in [6, 6.07) is 73.5. The highest BCUT2D eigenvalue weighted by molar-refractivity contribution is 6.33. The number of rotatable bonds is 8. The number of nitrogens with zero attached hydrogens (tertiary/aromatic N) is 8. The molecule has 4 spiro atoms. The van der Waals surface area contributed by atoms with Crippen LogP contribution >= 0.6 is 0 Å². The number of ketones is 1. The Morgan fingerprint density at radius 2 is 0.634 bits per heavy atom. The van der Waals surface area contributed by atoms with Crippen molar-refractivity contribution in [2.24, 2.45) is 0 Å². The molecule has 4 heterocycles. The average molecular weight is 1830 g/mol. The van der Waals surface area contributed by atoms with Crippen LogP contribution in [0.3, 0.4) is 0 Å². The maximum Gasteiger partial charge on any atom is 0.416 e. The van der Waals surface area contributed by atoms with E-state index in [0.717, 1.165) is 64.6 Å². The standard InChI is InChI=1S/C26H21F3N2O3.C26H19F3N2O3.C26H21F3N2O2.C26H19F3N2O2/c2*1-2-30-20-13-12-16(26(27,28)29)14-21(20)31(17-8-4-3-5-9-17)24(34)25(23(30)33)15-22(32)18-10-6-7-11-19(18)25;2*1-2-30-21-13-12-18(26(27,28)29)16-22(21)31(19-9-4-3-5-10-19)24(33)25(23(30)32)15-14-17-8-6-7-11-20(17)25/h3-14,22,32H,2,15H2,1H3;3-14H,2,15H2,1H3;3-13,16H,2,14-15H2,1H3;3-16H,2H2,1H3. The van der Waals surface area contributed by atoms with Crippen LogP contribution in [0.1, 0.15) is 125 Å². The van der Waals surface area contributed by atoms with Gasteiger partial charge < -0.3 is 24.7 Å². The number of hydrogen-bond donors (Lipinski definition) is 1. The number of likely N-dealkylation sites (N-methyl/N-ethyl adjacent to an activating group) is 4. The van der Waals surface area contributed by atoms with Crippen LogP contribution < -0.4 is 39.2 Å². The van der Waals surface area contributed by atoms with E-state index in [1.807, 2.05) is 24.3 Å². The number of halogens is 12. The Labute approximate surface area is 759 Å². The lowest BCUT2D eigenvalue weighted by molar-refractivity contribution is -0.138. The smallest absolute Gasteiger partial charge is 0.388 e. The molecule has 8 amide bonds. The van der Waals surface area contributed by atoms with E-state index in [9.17, 15) is 101 Å². The lowest BCUT2D eigenvalue weighted by atomic mass is 9.78. The van der Waals surface area contributed by atoms with Gasteiger partial charge in [-0.3, -0.25) is 62.8 Å². The van der Waals surface area contributed by atoms with E-state index in [1.54, 1.807) is 234 Å². The van der Waals surface area contributed by atoms with Gasteiger partial charge in [0.15, 0.2) is 27.4 Å². The van der Waals surface area contributed by atoms with E-state index in [2.05, 4.69) is 0 Å². The van der Waals surface area contributed by atoms with Crippen LogP contribution in [0.15, 0.2) is 297 Å². The number of para-hydroxylation sites is 4. The fraction of sp³-hybridized carbons (Fsp3) is 0.202. The Morgan fingerprint density at radius 1 is 0.313 bits per heavy atom. The van der Waals surface area contributed by atoms with Gasteiger partial charge in [0.25, 0.3) is 29.5 Å². The van der Waals surface area contributed by atoms with Crippen molar-refractivity contribution in [3.05, 3.63) is 364 Å². The summed E-state index contributed by atoms with van der Waals surface area (Å²) in [6.07, 6.45) is -16.0. The highest BCUT2D eigenvalue weighted by Gasteiger charge is 2.64. The molecule has 30 heteroatoms. The summed E-state index contributed by atoms with van der Waals surface area (Å²) in [5, 5.41) is 10.8. The monoisotopic (exact) mass is 1830 g/mol. The number of anilines is 12. The molecule has 18 nitrogen and oxygen atoms in total. The number of amides is 8. The van der Waals surface area contributed by atoms with E-state index < -0.39 is 122 Å². The quantitative estimate of drug-likeness (QED) is 0.113. The summed E-state index contributed by atoms with van der Waals surface area (Å²) in [4.78, 5) is 137. The molecular weight excluding hydrogens is 1750 g/mol. The molecule has 5 unspecified atom stereocenters. The molecule has 0 aromatic heterocycles. The first-order valence-corrected chi connectivity index (χ1v) is 43.0. The molecule has 5 atom stereocenters. The molecule has 8 aliphatic rings. The zero-order chi connectivity index (χ0) is 95.3. The molecule has 12 aromatic rings. The minimum Gasteiger partial charge on any atom is -0.388 e. The number of aryl methyl sites for hydroxylation is 1. The second-order valence-corrected chi connectivity index (χ2v) is 33.0. The lowest BCUT2D eigenvalue weighted by Crippen LogP contribution is -2.53. The Morgan fingerprint density at radius 3 is 1.04 bits per heavy atom. The average Bonchev–Trinajstić information content (AvgIpc) is 1.57. The molecule has 4 aliphatic carbocycles. The Hall–Kier alpha value is -15.1. The van der Waals surface area contributed by atoms with Gasteiger partial charge in [-0.25, -0.2) is 0 Å². The first-order valence-electron chi connectivity index (χ1n) is 43.0. The zero-order valence-electron chi connectivity index (χ0n) is 71.8. The van der Waals surface area contributed by atoms with Gasteiger partial charge in [0.2, 0.25) is 17.7 Å². The van der Waals surface area contributed by atoms with E-state index in [4.69, 9.17) is 0 Å². The van der Waals surface area contributed by atoms with E-state index in [-0.39, 0.29) is 108 Å². The molecule has 4 aliphatic heterocycles. The van der Waals surface area contributed by atoms with Gasteiger partial charge in [-0.2, -0.15) is 52.7 Å². The van der Waals surface area contributed by atoms with Gasteiger partial charge in [-0.1, -0.05) is 182 Å². The minimum atomic E-state index is -4.65. The van der Waals surface area contributed by atoms with Crippen molar-refractivity contribution in [2.75, 3.05) is 65.4 Å². The van der Waals surface area contributed by atoms with Crippen LogP contribution in [0, 0.1) is 0 Å². The summed E-state index contributed by atoms with van der Waals surface area (Å²) in [7, 11) is 0. The number of aliphatic hydroxyl groups excluding tert-OH is 1. The number of fused-ring (bicyclic) bond motifs is 12. The van der Waals surface area contributed by atoms with Gasteiger partial charge in [-0.15, -0.1) is 0 Å². The Kier molecular flexibility index (Phi) is 23.2. The SMILES string of the molecule is CCN1C(=O)C2(C=Cc3ccccc32)C(=O)N(c2ccccc2)c2cc(C(F)(F)F)ccc21.CCN1C(=O)C2(CC(=O)c3ccccc32)C(=O)N(c2ccccc2)c2cc(C(F)(F)F)ccc21.CCN1C(=O)C2(CC(O)c3ccccc32)C(=O)N(c2ccccc2)c2cc(C(F)(F)F)ccc21.CCN1C(=O)C2(CCc3ccccc32)C(=O)N(c2ccccc2)c2cc(C(F)(F)F)ccc21. The number of carbonyl (C=O) groups excluding carboxylic acids is 9. The van der Waals surface area contributed by atoms with Crippen LogP contribution in [-0.2, 0) is 91.1 Å². The Bertz CT molecular complexity index is 6790. The topological polar surface area (TPSA) is 200 Å². The highest BCUT2D eigenvalue weighted by atomic mass is 19.4. The van der Waals surface area contributed by atoms with Crippen molar-refractivity contribution in [2.45, 2.75) is 106 Å². The molecule has 0 saturated carbocycles. The maximum atomic E-state index is 14.4. The summed E-state index contributed by atoms with van der Waals surface area (Å²) < 4.78 is 164. The molecule has 20 rings (SSSR count). The third kappa shape index (κ3) is 14.7. The third-order valence-corrected chi connectivity index (χ3v) is 25.9. The van der Waals surface area contributed by atoms with Crippen molar-refractivity contribution in [1.29, 1.82) is 0 Å². The fourth-order valence-corrected chi connectivity index (χ4v) is 19.6. The van der Waals surface area contributed by atoms with Crippen molar-refractivity contribution in [3.8, 4) is 0 Å². The van der Waals surface area contributed by atoms with Gasteiger partial charge in [0.1, 0.15) is 0 Å². The summed E-state index contributed by atoms with van der Waals surface area (Å²) in [6.45, 7) is 7.52. The van der Waals surface area contributed by atoms with Gasteiger partial charge in [-0.05, 0) is 201 Å². The summed E-state index contributed by atoms with van der Waals surface area (Å²) in [5.41, 5.74) is -3.98. The van der Waals surface area contributed by atoms with Crippen LogP contribution in [0.25, 0.3) is 6.08 Å². The van der Waals surface area contributed by atoms with Gasteiger partial charge >= 0.3 is 24.7 Å².